The molecule has 0 saturated heterocycles. The third-order valence-corrected chi connectivity index (χ3v) is 3.41. The summed E-state index contributed by atoms with van der Waals surface area (Å²) >= 11 is 17.8. The van der Waals surface area contributed by atoms with E-state index in [2.05, 4.69) is 12.2 Å². The molecule has 6 heteroatoms. The number of carbonyl (C=O) groups excluding carboxylic acids is 1. The number of halogens is 3. The molecule has 1 atom stereocenters. The van der Waals surface area contributed by atoms with Crippen LogP contribution >= 0.6 is 34.8 Å². The maximum absolute atomic E-state index is 11.8. The lowest BCUT2D eigenvalue weighted by atomic mass is 10.2. The van der Waals surface area contributed by atoms with Gasteiger partial charge < -0.3 is 5.32 Å². The summed E-state index contributed by atoms with van der Waals surface area (Å²) in [6.45, 7) is 7.46. The van der Waals surface area contributed by atoms with Gasteiger partial charge >= 0.3 is 0 Å². The molecule has 18 heavy (non-hydrogen) atoms. The van der Waals surface area contributed by atoms with Gasteiger partial charge in [-0.05, 0) is 19.5 Å². The van der Waals surface area contributed by atoms with E-state index in [1.165, 1.54) is 0 Å². The Kier molecular flexibility index (Phi) is 9.40. The molecule has 0 fully saturated rings. The first-order valence-corrected chi connectivity index (χ1v) is 7.60. The fourth-order valence-corrected chi connectivity index (χ4v) is 2.31. The van der Waals surface area contributed by atoms with Crippen molar-refractivity contribution in [1.29, 1.82) is 0 Å². The second kappa shape index (κ2) is 9.24. The fraction of sp³-hybridized carbons (Fsp3) is 0.917. The number of carbonyl (C=O) groups is 1. The monoisotopic (exact) mass is 316 g/mol. The number of nitrogens with zero attached hydrogens (tertiary/aromatic N) is 1. The standard InChI is InChI=1S/C12H23Cl3N2O/c1-4-7-8-9-10(18)16-11(12(13,14)15)17(5-2)6-3/h11H,4-9H2,1-3H3,(H,16,18)/t11-/m1/s1. The van der Waals surface area contributed by atoms with Crippen molar-refractivity contribution >= 4 is 40.7 Å². The number of alkyl halides is 3. The van der Waals surface area contributed by atoms with Gasteiger partial charge in [0.2, 0.25) is 9.70 Å². The van der Waals surface area contributed by atoms with E-state index in [1.54, 1.807) is 0 Å². The summed E-state index contributed by atoms with van der Waals surface area (Å²) in [7, 11) is 0. The lowest BCUT2D eigenvalue weighted by molar-refractivity contribution is -0.123. The molecule has 0 rings (SSSR count). The molecule has 0 spiro atoms. The Morgan fingerprint density at radius 1 is 1.17 bits per heavy atom. The summed E-state index contributed by atoms with van der Waals surface area (Å²) in [4.78, 5) is 13.7. The Bertz CT molecular complexity index is 240. The smallest absolute Gasteiger partial charge is 0.223 e. The lowest BCUT2D eigenvalue weighted by Crippen LogP contribution is -2.55. The molecular weight excluding hydrogens is 295 g/mol. The number of rotatable bonds is 8. The molecule has 0 heterocycles. The molecule has 1 N–H and O–H groups in total. The summed E-state index contributed by atoms with van der Waals surface area (Å²) in [6, 6.07) is 0. The summed E-state index contributed by atoms with van der Waals surface area (Å²) in [6.07, 6.45) is 2.89. The molecule has 0 aromatic heterocycles. The Morgan fingerprint density at radius 2 is 1.72 bits per heavy atom. The third-order valence-electron chi connectivity index (χ3n) is 2.79. The number of amides is 1. The van der Waals surface area contributed by atoms with E-state index in [4.69, 9.17) is 34.8 Å². The Labute approximate surface area is 125 Å². The minimum absolute atomic E-state index is 0.0633. The lowest BCUT2D eigenvalue weighted by Gasteiger charge is -2.35. The predicted octanol–water partition coefficient (Wildman–Crippen LogP) is 3.72. The normalized spacial score (nSPS) is 13.7. The minimum Gasteiger partial charge on any atom is -0.337 e. The number of hydrogen-bond donors (Lipinski definition) is 1. The van der Waals surface area contributed by atoms with E-state index in [0.717, 1.165) is 19.3 Å². The average Bonchev–Trinajstić information content (AvgIpc) is 2.28. The van der Waals surface area contributed by atoms with Gasteiger partial charge in [-0.15, -0.1) is 0 Å². The van der Waals surface area contributed by atoms with Gasteiger partial charge in [0.25, 0.3) is 0 Å². The first-order valence-electron chi connectivity index (χ1n) is 6.46. The summed E-state index contributed by atoms with van der Waals surface area (Å²) < 4.78 is -1.52. The summed E-state index contributed by atoms with van der Waals surface area (Å²) in [5.74, 6) is -0.0633. The van der Waals surface area contributed by atoms with Crippen LogP contribution in [0.4, 0.5) is 0 Å². The van der Waals surface area contributed by atoms with Gasteiger partial charge in [0, 0.05) is 6.42 Å². The van der Waals surface area contributed by atoms with E-state index in [0.29, 0.717) is 19.5 Å². The van der Waals surface area contributed by atoms with Crippen LogP contribution in [0.2, 0.25) is 0 Å². The molecule has 0 aliphatic rings. The number of nitrogens with one attached hydrogen (secondary N) is 1. The van der Waals surface area contributed by atoms with Crippen LogP contribution < -0.4 is 5.32 Å². The molecule has 0 bridgehead atoms. The van der Waals surface area contributed by atoms with Crippen LogP contribution in [0.3, 0.4) is 0 Å². The van der Waals surface area contributed by atoms with Gasteiger partial charge in [0.15, 0.2) is 0 Å². The highest BCUT2D eigenvalue weighted by atomic mass is 35.6. The van der Waals surface area contributed by atoms with Crippen LogP contribution in [0.25, 0.3) is 0 Å². The minimum atomic E-state index is -1.52. The second-order valence-corrected chi connectivity index (χ2v) is 6.56. The first-order chi connectivity index (χ1) is 8.36. The maximum Gasteiger partial charge on any atom is 0.223 e. The van der Waals surface area contributed by atoms with Crippen LogP contribution in [0.5, 0.6) is 0 Å². The molecule has 0 unspecified atom stereocenters. The van der Waals surface area contributed by atoms with Crippen molar-refractivity contribution in [3.8, 4) is 0 Å². The van der Waals surface area contributed by atoms with Crippen LogP contribution in [0.15, 0.2) is 0 Å². The fourth-order valence-electron chi connectivity index (χ4n) is 1.73. The highest BCUT2D eigenvalue weighted by Gasteiger charge is 2.37. The molecule has 0 aliphatic carbocycles. The van der Waals surface area contributed by atoms with Gasteiger partial charge in [0.1, 0.15) is 6.17 Å². The predicted molar refractivity (Wildman–Crippen MR) is 79.3 cm³/mol. The van der Waals surface area contributed by atoms with Gasteiger partial charge in [0.05, 0.1) is 0 Å². The van der Waals surface area contributed by atoms with Crippen molar-refractivity contribution in [2.24, 2.45) is 0 Å². The summed E-state index contributed by atoms with van der Waals surface area (Å²) in [5, 5.41) is 2.81. The average molecular weight is 318 g/mol. The quantitative estimate of drug-likeness (QED) is 0.420. The van der Waals surface area contributed by atoms with E-state index in [-0.39, 0.29) is 5.91 Å². The molecule has 0 aromatic carbocycles. The second-order valence-electron chi connectivity index (χ2n) is 4.19. The number of unbranched alkanes of at least 4 members (excludes halogenated alkanes) is 2. The third kappa shape index (κ3) is 7.03. The van der Waals surface area contributed by atoms with Crippen LogP contribution in [-0.2, 0) is 4.79 Å². The van der Waals surface area contributed by atoms with E-state index >= 15 is 0 Å². The van der Waals surface area contributed by atoms with Crippen LogP contribution in [0.1, 0.15) is 46.5 Å². The van der Waals surface area contributed by atoms with Crippen LogP contribution in [-0.4, -0.2) is 33.9 Å². The van der Waals surface area contributed by atoms with Crippen molar-refractivity contribution in [3.63, 3.8) is 0 Å². The topological polar surface area (TPSA) is 32.3 Å². The maximum atomic E-state index is 11.8. The van der Waals surface area contributed by atoms with E-state index in [9.17, 15) is 4.79 Å². The highest BCUT2D eigenvalue weighted by molar-refractivity contribution is 6.68. The zero-order valence-electron chi connectivity index (χ0n) is 11.3. The van der Waals surface area contributed by atoms with E-state index in [1.807, 2.05) is 18.7 Å². The molecule has 3 nitrogen and oxygen atoms in total. The van der Waals surface area contributed by atoms with Gasteiger partial charge in [-0.1, -0.05) is 68.4 Å². The molecule has 0 radical (unpaired) electrons. The van der Waals surface area contributed by atoms with Crippen molar-refractivity contribution in [1.82, 2.24) is 10.2 Å². The first kappa shape index (κ1) is 18.3. The molecular formula is C12H23Cl3N2O. The molecule has 108 valence electrons. The molecule has 1 amide bonds. The Morgan fingerprint density at radius 3 is 2.11 bits per heavy atom. The van der Waals surface area contributed by atoms with Gasteiger partial charge in [-0.25, -0.2) is 0 Å². The molecule has 0 saturated carbocycles. The highest BCUT2D eigenvalue weighted by Crippen LogP contribution is 2.32. The summed E-state index contributed by atoms with van der Waals surface area (Å²) in [5.41, 5.74) is 0. The van der Waals surface area contributed by atoms with Crippen molar-refractivity contribution in [2.75, 3.05) is 13.1 Å². The zero-order valence-corrected chi connectivity index (χ0v) is 13.6. The van der Waals surface area contributed by atoms with Crippen molar-refractivity contribution < 1.29 is 4.79 Å². The largest absolute Gasteiger partial charge is 0.337 e. The zero-order chi connectivity index (χ0) is 14.2. The Hall–Kier alpha value is 0.300. The molecule has 0 aromatic rings. The van der Waals surface area contributed by atoms with Crippen molar-refractivity contribution in [2.45, 2.75) is 56.4 Å². The Balaban J connectivity index is 4.46. The van der Waals surface area contributed by atoms with E-state index < -0.39 is 9.96 Å². The SMILES string of the molecule is CCCCCC(=O)N[C@H](N(CC)CC)C(Cl)(Cl)Cl. The number of hydrogen-bond acceptors (Lipinski definition) is 2. The van der Waals surface area contributed by atoms with Gasteiger partial charge in [-0.2, -0.15) is 0 Å². The van der Waals surface area contributed by atoms with Crippen LogP contribution in [0, 0.1) is 0 Å². The van der Waals surface area contributed by atoms with Crippen molar-refractivity contribution in [3.05, 3.63) is 0 Å². The molecule has 0 aliphatic heterocycles. The van der Waals surface area contributed by atoms with Gasteiger partial charge in [-0.3, -0.25) is 9.69 Å².